The van der Waals surface area contributed by atoms with Crippen LogP contribution in [-0.4, -0.2) is 20.9 Å². The zero-order valence-electron chi connectivity index (χ0n) is 11.8. The van der Waals surface area contributed by atoms with Gasteiger partial charge in [-0.25, -0.2) is 9.97 Å². The summed E-state index contributed by atoms with van der Waals surface area (Å²) in [5.74, 6) is 3.18. The molecule has 0 bridgehead atoms. The van der Waals surface area contributed by atoms with E-state index in [1.165, 1.54) is 42.5 Å². The first kappa shape index (κ1) is 14.7. The molecule has 23 heavy (non-hydrogen) atoms. The highest BCUT2D eigenvalue weighted by atomic mass is 32.1. The van der Waals surface area contributed by atoms with Crippen molar-refractivity contribution in [2.75, 3.05) is 5.32 Å². The maximum atomic E-state index is 12.2. The quantitative estimate of drug-likeness (QED) is 0.747. The number of thiophene rings is 1. The van der Waals surface area contributed by atoms with E-state index < -0.39 is 0 Å². The van der Waals surface area contributed by atoms with Crippen LogP contribution in [0.5, 0.6) is 11.5 Å². The minimum atomic E-state index is -0.251. The Bertz CT molecular complexity index is 871. The highest BCUT2D eigenvalue weighted by Crippen LogP contribution is 2.22. The zero-order valence-corrected chi connectivity index (χ0v) is 12.6. The van der Waals surface area contributed by atoms with Crippen molar-refractivity contribution in [2.24, 2.45) is 0 Å². The molecular weight excluding hydrogens is 312 g/mol. The Kier molecular flexibility index (Phi) is 4.27. The van der Waals surface area contributed by atoms with Crippen LogP contribution in [0.25, 0.3) is 0 Å². The lowest BCUT2D eigenvalue weighted by Gasteiger charge is -2.07. The number of amides is 1. The van der Waals surface area contributed by atoms with E-state index in [-0.39, 0.29) is 5.91 Å². The van der Waals surface area contributed by atoms with Crippen molar-refractivity contribution in [3.05, 3.63) is 59.1 Å². The summed E-state index contributed by atoms with van der Waals surface area (Å²) in [5, 5.41) is 4.50. The van der Waals surface area contributed by atoms with Crippen LogP contribution in [0, 0.1) is 12.3 Å². The Morgan fingerprint density at radius 1 is 1.13 bits per heavy atom. The van der Waals surface area contributed by atoms with Crippen LogP contribution in [0.1, 0.15) is 15.2 Å². The van der Waals surface area contributed by atoms with E-state index in [4.69, 9.17) is 11.2 Å². The summed E-state index contributed by atoms with van der Waals surface area (Å²) in [6.07, 6.45) is 12.8. The smallest absolute Gasteiger partial charge is 0.265 e. The molecule has 0 atom stereocenters. The number of pyridine rings is 1. The van der Waals surface area contributed by atoms with Crippen molar-refractivity contribution in [2.45, 2.75) is 0 Å². The number of carbonyl (C=O) groups excluding carboxylic acids is 1. The standard InChI is InChI=1S/C16H10N4O2S/c1-2-11-3-15(23-9-11)16(21)20-12-4-13(6-17-5-12)22-14-7-18-10-19-8-14/h1,3-10H,(H,20,21). The Hall–Kier alpha value is -3.24. The number of rotatable bonds is 4. The summed E-state index contributed by atoms with van der Waals surface area (Å²) in [4.78, 5) is 24.4. The van der Waals surface area contributed by atoms with Gasteiger partial charge in [0.15, 0.2) is 5.75 Å². The first-order valence-electron chi connectivity index (χ1n) is 6.49. The lowest BCUT2D eigenvalue weighted by molar-refractivity contribution is 0.103. The summed E-state index contributed by atoms with van der Waals surface area (Å²) in [7, 11) is 0. The van der Waals surface area contributed by atoms with Crippen LogP contribution >= 0.6 is 11.3 Å². The van der Waals surface area contributed by atoms with Crippen molar-refractivity contribution in [1.82, 2.24) is 15.0 Å². The molecule has 0 saturated carbocycles. The highest BCUT2D eigenvalue weighted by molar-refractivity contribution is 7.12. The molecule has 0 aliphatic rings. The predicted octanol–water partition coefficient (Wildman–Crippen LogP) is 2.96. The second-order valence-corrected chi connectivity index (χ2v) is 5.29. The van der Waals surface area contributed by atoms with Crippen LogP contribution in [0.2, 0.25) is 0 Å². The van der Waals surface area contributed by atoms with Gasteiger partial charge in [-0.15, -0.1) is 17.8 Å². The second-order valence-electron chi connectivity index (χ2n) is 4.38. The lowest BCUT2D eigenvalue weighted by atomic mass is 10.3. The average Bonchev–Trinajstić information content (AvgIpc) is 3.05. The zero-order chi connectivity index (χ0) is 16.1. The van der Waals surface area contributed by atoms with Crippen molar-refractivity contribution < 1.29 is 9.53 Å². The van der Waals surface area contributed by atoms with Crippen LogP contribution in [0.4, 0.5) is 5.69 Å². The molecular formula is C16H10N4O2S. The van der Waals surface area contributed by atoms with Gasteiger partial charge in [0.1, 0.15) is 12.1 Å². The third-order valence-electron chi connectivity index (χ3n) is 2.73. The van der Waals surface area contributed by atoms with Crippen molar-refractivity contribution in [3.8, 4) is 23.8 Å². The molecule has 3 aromatic heterocycles. The minimum Gasteiger partial charge on any atom is -0.452 e. The van der Waals surface area contributed by atoms with Gasteiger partial charge in [0.2, 0.25) is 0 Å². The van der Waals surface area contributed by atoms with E-state index in [2.05, 4.69) is 26.2 Å². The minimum absolute atomic E-state index is 0.251. The van der Waals surface area contributed by atoms with Crippen molar-refractivity contribution in [1.29, 1.82) is 0 Å². The molecule has 0 radical (unpaired) electrons. The molecule has 6 nitrogen and oxygen atoms in total. The number of nitrogens with one attached hydrogen (secondary N) is 1. The average molecular weight is 322 g/mol. The van der Waals surface area contributed by atoms with E-state index in [0.29, 0.717) is 27.6 Å². The maximum Gasteiger partial charge on any atom is 0.265 e. The molecule has 0 saturated heterocycles. The lowest BCUT2D eigenvalue weighted by Crippen LogP contribution is -2.10. The third kappa shape index (κ3) is 3.70. The Labute approximate surface area is 136 Å². The molecule has 0 aliphatic carbocycles. The summed E-state index contributed by atoms with van der Waals surface area (Å²) >= 11 is 1.29. The summed E-state index contributed by atoms with van der Waals surface area (Å²) < 4.78 is 5.57. The number of terminal acetylenes is 1. The van der Waals surface area contributed by atoms with Crippen molar-refractivity contribution in [3.63, 3.8) is 0 Å². The van der Waals surface area contributed by atoms with Gasteiger partial charge in [0, 0.05) is 17.0 Å². The Balaban J connectivity index is 1.72. The Morgan fingerprint density at radius 2 is 1.91 bits per heavy atom. The largest absolute Gasteiger partial charge is 0.452 e. The van der Waals surface area contributed by atoms with E-state index in [9.17, 15) is 4.79 Å². The highest BCUT2D eigenvalue weighted by Gasteiger charge is 2.10. The number of carbonyl (C=O) groups is 1. The maximum absolute atomic E-state index is 12.2. The first-order valence-corrected chi connectivity index (χ1v) is 7.37. The van der Waals surface area contributed by atoms with E-state index in [1.807, 2.05) is 0 Å². The van der Waals surface area contributed by atoms with E-state index >= 15 is 0 Å². The van der Waals surface area contributed by atoms with Gasteiger partial charge in [-0.05, 0) is 6.07 Å². The van der Waals surface area contributed by atoms with Gasteiger partial charge in [0.25, 0.3) is 5.91 Å². The molecule has 3 aromatic rings. The molecule has 0 aliphatic heterocycles. The second kappa shape index (κ2) is 6.68. The first-order chi connectivity index (χ1) is 11.2. The summed E-state index contributed by atoms with van der Waals surface area (Å²) in [6, 6.07) is 3.32. The molecule has 0 aromatic carbocycles. The Morgan fingerprint density at radius 3 is 2.65 bits per heavy atom. The topological polar surface area (TPSA) is 77.0 Å². The monoisotopic (exact) mass is 322 g/mol. The molecule has 3 rings (SSSR count). The molecule has 7 heteroatoms. The molecule has 112 valence electrons. The molecule has 3 heterocycles. The SMILES string of the molecule is C#Cc1csc(C(=O)Nc2cncc(Oc3cncnc3)c2)c1. The van der Waals surface area contributed by atoms with Crippen LogP contribution < -0.4 is 10.1 Å². The number of hydrogen-bond acceptors (Lipinski definition) is 6. The predicted molar refractivity (Wildman–Crippen MR) is 86.6 cm³/mol. The fraction of sp³-hybridized carbons (Fsp3) is 0. The van der Waals surface area contributed by atoms with Crippen LogP contribution in [0.3, 0.4) is 0 Å². The van der Waals surface area contributed by atoms with Gasteiger partial charge in [-0.1, -0.05) is 5.92 Å². The van der Waals surface area contributed by atoms with Gasteiger partial charge >= 0.3 is 0 Å². The number of nitrogens with zero attached hydrogens (tertiary/aromatic N) is 3. The van der Waals surface area contributed by atoms with Crippen LogP contribution in [-0.2, 0) is 0 Å². The van der Waals surface area contributed by atoms with Gasteiger partial charge in [-0.2, -0.15) is 0 Å². The molecule has 1 N–H and O–H groups in total. The van der Waals surface area contributed by atoms with Crippen LogP contribution in [0.15, 0.2) is 48.6 Å². The fourth-order valence-electron chi connectivity index (χ4n) is 1.74. The molecule has 0 fully saturated rings. The third-order valence-corrected chi connectivity index (χ3v) is 3.66. The van der Waals surface area contributed by atoms with Crippen molar-refractivity contribution >= 4 is 22.9 Å². The number of ether oxygens (including phenoxy) is 1. The summed E-state index contributed by atoms with van der Waals surface area (Å²) in [5.41, 5.74) is 1.19. The summed E-state index contributed by atoms with van der Waals surface area (Å²) in [6.45, 7) is 0. The number of anilines is 1. The van der Waals surface area contributed by atoms with E-state index in [0.717, 1.165) is 0 Å². The number of hydrogen-bond donors (Lipinski definition) is 1. The van der Waals surface area contributed by atoms with Gasteiger partial charge in [0.05, 0.1) is 35.4 Å². The number of aromatic nitrogens is 3. The molecule has 1 amide bonds. The normalized spacial score (nSPS) is 9.87. The fourth-order valence-corrected chi connectivity index (χ4v) is 2.48. The molecule has 0 spiro atoms. The van der Waals surface area contributed by atoms with Gasteiger partial charge in [-0.3, -0.25) is 9.78 Å². The van der Waals surface area contributed by atoms with E-state index in [1.54, 1.807) is 17.5 Å². The molecule has 0 unspecified atom stereocenters. The van der Waals surface area contributed by atoms with Gasteiger partial charge < -0.3 is 10.1 Å².